The fourth-order valence-corrected chi connectivity index (χ4v) is 1.21. The molecule has 17 heavy (non-hydrogen) atoms. The number of amides is 2. The fourth-order valence-electron chi connectivity index (χ4n) is 1.21. The van der Waals surface area contributed by atoms with Crippen molar-refractivity contribution < 1.29 is 14.7 Å². The van der Waals surface area contributed by atoms with E-state index in [9.17, 15) is 9.59 Å². The highest BCUT2D eigenvalue weighted by Gasteiger charge is 2.17. The number of hydrogen-bond acceptors (Lipinski definition) is 3. The summed E-state index contributed by atoms with van der Waals surface area (Å²) in [5, 5.41) is 13.6. The predicted octanol–water partition coefficient (Wildman–Crippen LogP) is 1.37. The Balaban J connectivity index is 2.54. The van der Waals surface area contributed by atoms with Gasteiger partial charge in [-0.25, -0.2) is 9.59 Å². The Labute approximate surface area is 99.1 Å². The maximum absolute atomic E-state index is 11.5. The minimum atomic E-state index is -1.05. The molecule has 6 heteroatoms. The number of hydrogen-bond donors (Lipinski definition) is 3. The summed E-state index contributed by atoms with van der Waals surface area (Å²) in [5.41, 5.74) is 1.36. The van der Waals surface area contributed by atoms with E-state index in [0.29, 0.717) is 12.1 Å². The van der Waals surface area contributed by atoms with Gasteiger partial charge in [-0.05, 0) is 25.5 Å². The van der Waals surface area contributed by atoms with E-state index in [4.69, 9.17) is 5.11 Å². The first-order valence-corrected chi connectivity index (χ1v) is 5.26. The summed E-state index contributed by atoms with van der Waals surface area (Å²) in [6, 6.07) is 2.02. The molecule has 0 spiro atoms. The van der Waals surface area contributed by atoms with Gasteiger partial charge in [0.15, 0.2) is 0 Å². The second kappa shape index (κ2) is 5.83. The van der Waals surface area contributed by atoms with Crippen molar-refractivity contribution in [2.45, 2.75) is 26.3 Å². The molecule has 1 aromatic heterocycles. The summed E-state index contributed by atoms with van der Waals surface area (Å²) < 4.78 is 0. The topological polar surface area (TPSA) is 91.3 Å². The molecule has 0 aromatic carbocycles. The third-order valence-electron chi connectivity index (χ3n) is 2.18. The van der Waals surface area contributed by atoms with Crippen LogP contribution in [-0.2, 0) is 4.79 Å². The molecule has 0 saturated carbocycles. The van der Waals surface area contributed by atoms with Gasteiger partial charge in [0, 0.05) is 5.69 Å². The van der Waals surface area contributed by atoms with Crippen molar-refractivity contribution in [1.29, 1.82) is 0 Å². The molecule has 0 unspecified atom stereocenters. The Morgan fingerprint density at radius 3 is 2.65 bits per heavy atom. The van der Waals surface area contributed by atoms with Crippen LogP contribution in [0.15, 0.2) is 18.3 Å². The van der Waals surface area contributed by atoms with E-state index in [1.807, 2.05) is 6.92 Å². The third kappa shape index (κ3) is 4.10. The number of nitrogens with zero attached hydrogens (tertiary/aromatic N) is 1. The number of aliphatic carboxylic acids is 1. The third-order valence-corrected chi connectivity index (χ3v) is 2.18. The van der Waals surface area contributed by atoms with Crippen LogP contribution in [0.25, 0.3) is 0 Å². The molecule has 0 radical (unpaired) electrons. The van der Waals surface area contributed by atoms with Crippen LogP contribution in [0.5, 0.6) is 0 Å². The van der Waals surface area contributed by atoms with Crippen LogP contribution in [0.3, 0.4) is 0 Å². The molecule has 92 valence electrons. The summed E-state index contributed by atoms with van der Waals surface area (Å²) in [5.74, 6) is -1.05. The molecule has 2 amide bonds. The second-order valence-corrected chi connectivity index (χ2v) is 3.59. The standard InChI is InChI=1S/C11H15N3O3/c1-3-9(10(15)16)14-11(17)13-8-5-4-7(2)12-6-8/h4-6,9H,3H2,1-2H3,(H,15,16)(H2,13,14,17)/t9-/m1/s1. The van der Waals surface area contributed by atoms with E-state index >= 15 is 0 Å². The van der Waals surface area contributed by atoms with Crippen molar-refractivity contribution in [3.05, 3.63) is 24.0 Å². The first-order chi connectivity index (χ1) is 8.02. The highest BCUT2D eigenvalue weighted by atomic mass is 16.4. The minimum Gasteiger partial charge on any atom is -0.480 e. The van der Waals surface area contributed by atoms with Crippen molar-refractivity contribution in [3.63, 3.8) is 0 Å². The van der Waals surface area contributed by atoms with Crippen LogP contribution < -0.4 is 10.6 Å². The van der Waals surface area contributed by atoms with Crippen LogP contribution in [0.2, 0.25) is 0 Å². The number of urea groups is 1. The number of nitrogens with one attached hydrogen (secondary N) is 2. The lowest BCUT2D eigenvalue weighted by Gasteiger charge is -2.12. The quantitative estimate of drug-likeness (QED) is 0.737. The zero-order valence-corrected chi connectivity index (χ0v) is 9.73. The lowest BCUT2D eigenvalue weighted by atomic mass is 10.2. The van der Waals surface area contributed by atoms with Gasteiger partial charge >= 0.3 is 12.0 Å². The molecule has 0 aliphatic carbocycles. The molecule has 0 saturated heterocycles. The van der Waals surface area contributed by atoms with Crippen LogP contribution in [0, 0.1) is 6.92 Å². The first kappa shape index (κ1) is 13.0. The molecule has 3 N–H and O–H groups in total. The summed E-state index contributed by atoms with van der Waals surface area (Å²) in [6.45, 7) is 3.52. The largest absolute Gasteiger partial charge is 0.480 e. The SMILES string of the molecule is CC[C@@H](NC(=O)Nc1ccc(C)nc1)C(=O)O. The van der Waals surface area contributed by atoms with Crippen LogP contribution in [0.1, 0.15) is 19.0 Å². The molecular formula is C11H15N3O3. The van der Waals surface area contributed by atoms with Gasteiger partial charge < -0.3 is 15.7 Å². The van der Waals surface area contributed by atoms with Crippen molar-refractivity contribution >= 4 is 17.7 Å². The predicted molar refractivity (Wildman–Crippen MR) is 62.8 cm³/mol. The van der Waals surface area contributed by atoms with Gasteiger partial charge in [0.25, 0.3) is 0 Å². The van der Waals surface area contributed by atoms with Crippen LogP contribution in [0.4, 0.5) is 10.5 Å². The molecule has 0 aliphatic heterocycles. The molecule has 1 atom stereocenters. The van der Waals surface area contributed by atoms with Gasteiger partial charge in [0.2, 0.25) is 0 Å². The number of aromatic nitrogens is 1. The minimum absolute atomic E-state index is 0.328. The van der Waals surface area contributed by atoms with Crippen LogP contribution in [-0.4, -0.2) is 28.1 Å². The number of carboxylic acids is 1. The summed E-state index contributed by atoms with van der Waals surface area (Å²) in [7, 11) is 0. The number of carbonyl (C=O) groups is 2. The maximum Gasteiger partial charge on any atom is 0.326 e. The maximum atomic E-state index is 11.5. The van der Waals surface area contributed by atoms with Crippen molar-refractivity contribution in [3.8, 4) is 0 Å². The number of aryl methyl sites for hydroxylation is 1. The molecule has 0 aliphatic rings. The van der Waals surface area contributed by atoms with Crippen molar-refractivity contribution in [1.82, 2.24) is 10.3 Å². The molecule has 1 rings (SSSR count). The Morgan fingerprint density at radius 1 is 1.47 bits per heavy atom. The van der Waals surface area contributed by atoms with Crippen LogP contribution >= 0.6 is 0 Å². The lowest BCUT2D eigenvalue weighted by molar-refractivity contribution is -0.139. The van der Waals surface area contributed by atoms with Crippen molar-refractivity contribution in [2.24, 2.45) is 0 Å². The van der Waals surface area contributed by atoms with E-state index in [0.717, 1.165) is 5.69 Å². The zero-order valence-electron chi connectivity index (χ0n) is 9.73. The zero-order chi connectivity index (χ0) is 12.8. The Morgan fingerprint density at radius 2 is 2.18 bits per heavy atom. The molecule has 0 fully saturated rings. The average molecular weight is 237 g/mol. The first-order valence-electron chi connectivity index (χ1n) is 5.26. The normalized spacial score (nSPS) is 11.6. The van der Waals surface area contributed by atoms with Gasteiger partial charge in [-0.3, -0.25) is 4.98 Å². The van der Waals surface area contributed by atoms with E-state index in [2.05, 4.69) is 15.6 Å². The number of anilines is 1. The molecular weight excluding hydrogens is 222 g/mol. The van der Waals surface area contributed by atoms with E-state index < -0.39 is 18.0 Å². The summed E-state index contributed by atoms with van der Waals surface area (Å²) >= 11 is 0. The Hall–Kier alpha value is -2.11. The van der Waals surface area contributed by atoms with Gasteiger partial charge in [0.1, 0.15) is 6.04 Å². The second-order valence-electron chi connectivity index (χ2n) is 3.59. The van der Waals surface area contributed by atoms with Gasteiger partial charge in [-0.1, -0.05) is 6.92 Å². The highest BCUT2D eigenvalue weighted by Crippen LogP contribution is 2.05. The lowest BCUT2D eigenvalue weighted by Crippen LogP contribution is -2.42. The highest BCUT2D eigenvalue weighted by molar-refractivity contribution is 5.92. The molecule has 1 aromatic rings. The molecule has 6 nitrogen and oxygen atoms in total. The number of carbonyl (C=O) groups excluding carboxylic acids is 1. The van der Waals surface area contributed by atoms with Gasteiger partial charge in [0.05, 0.1) is 11.9 Å². The molecule has 0 bridgehead atoms. The summed E-state index contributed by atoms with van der Waals surface area (Å²) in [6.07, 6.45) is 1.84. The Bertz CT molecular complexity index is 403. The van der Waals surface area contributed by atoms with E-state index in [-0.39, 0.29) is 0 Å². The number of carboxylic acid groups (broad SMARTS) is 1. The van der Waals surface area contributed by atoms with E-state index in [1.54, 1.807) is 19.1 Å². The van der Waals surface area contributed by atoms with Gasteiger partial charge in [-0.2, -0.15) is 0 Å². The van der Waals surface area contributed by atoms with Gasteiger partial charge in [-0.15, -0.1) is 0 Å². The number of pyridine rings is 1. The fraction of sp³-hybridized carbons (Fsp3) is 0.364. The Kier molecular flexibility index (Phi) is 4.45. The number of rotatable bonds is 4. The monoisotopic (exact) mass is 237 g/mol. The smallest absolute Gasteiger partial charge is 0.326 e. The average Bonchev–Trinajstić information content (AvgIpc) is 2.28. The molecule has 1 heterocycles. The summed E-state index contributed by atoms with van der Waals surface area (Å²) in [4.78, 5) is 26.2. The van der Waals surface area contributed by atoms with E-state index in [1.165, 1.54) is 6.20 Å². The van der Waals surface area contributed by atoms with Crippen molar-refractivity contribution in [2.75, 3.05) is 5.32 Å².